The van der Waals surface area contributed by atoms with E-state index in [4.69, 9.17) is 14.0 Å². The number of rotatable bonds is 4. The van der Waals surface area contributed by atoms with E-state index < -0.39 is 70.5 Å². The minimum Gasteiger partial charge on any atom is -0.501 e. The van der Waals surface area contributed by atoms with E-state index in [1.165, 1.54) is 20.9 Å². The van der Waals surface area contributed by atoms with Crippen molar-refractivity contribution >= 4 is 5.91 Å². The molecule has 2 aromatic rings. The van der Waals surface area contributed by atoms with Crippen molar-refractivity contribution < 1.29 is 22.5 Å². The summed E-state index contributed by atoms with van der Waals surface area (Å²) in [6, 6.07) is -4.32. The molecule has 1 heterocycles. The summed E-state index contributed by atoms with van der Waals surface area (Å²) in [5, 5.41) is 11.8. The zero-order valence-corrected chi connectivity index (χ0v) is 13.1. The van der Waals surface area contributed by atoms with E-state index in [0.717, 1.165) is 4.57 Å². The lowest BCUT2D eigenvalue weighted by Gasteiger charge is -2.21. The number of nitrogens with zero attached hydrogens (tertiary/aromatic N) is 2. The standard InChI is InChI=1S/C16H19FN4O3/c1-16(2,18)15-20-11(12(22)14(24)21(15)3)13(23)19-8-9-4-6-10(17)7-5-9/h4-7,22H,8,18H2,1-3H3,(H,19,23)/i4D,5D,6D,7D,8D2. The number of aromatic hydroxyl groups is 1. The monoisotopic (exact) mass is 340 g/mol. The summed E-state index contributed by atoms with van der Waals surface area (Å²) in [6.45, 7) is -0.0801. The first-order chi connectivity index (χ1) is 13.5. The van der Waals surface area contributed by atoms with Crippen molar-refractivity contribution in [3.05, 3.63) is 57.4 Å². The molecule has 0 fully saturated rings. The molecule has 128 valence electrons. The fourth-order valence-corrected chi connectivity index (χ4v) is 1.86. The largest absolute Gasteiger partial charge is 0.501 e. The van der Waals surface area contributed by atoms with Crippen LogP contribution in [0, 0.1) is 5.82 Å². The van der Waals surface area contributed by atoms with E-state index in [1.807, 2.05) is 0 Å². The second kappa shape index (κ2) is 6.40. The zero-order chi connectivity index (χ0) is 23.3. The minimum absolute atomic E-state index is 0.0953. The third kappa shape index (κ3) is 3.60. The van der Waals surface area contributed by atoms with Crippen LogP contribution < -0.4 is 16.6 Å². The van der Waals surface area contributed by atoms with Crippen LogP contribution in [0.3, 0.4) is 0 Å². The summed E-state index contributed by atoms with van der Waals surface area (Å²) in [5.41, 5.74) is 1.89. The van der Waals surface area contributed by atoms with Crippen LogP contribution in [0.1, 0.15) is 43.9 Å². The van der Waals surface area contributed by atoms with Crippen LogP contribution in [-0.4, -0.2) is 20.6 Å². The molecule has 0 aliphatic carbocycles. The molecule has 0 radical (unpaired) electrons. The molecule has 1 aromatic carbocycles. The van der Waals surface area contributed by atoms with Crippen LogP contribution in [-0.2, 0) is 19.1 Å². The molecule has 0 saturated heterocycles. The fourth-order valence-electron chi connectivity index (χ4n) is 1.86. The Balaban J connectivity index is 2.61. The Morgan fingerprint density at radius 3 is 2.62 bits per heavy atom. The number of carbonyl (C=O) groups is 1. The lowest BCUT2D eigenvalue weighted by Crippen LogP contribution is -2.39. The van der Waals surface area contributed by atoms with E-state index in [-0.39, 0.29) is 5.82 Å². The van der Waals surface area contributed by atoms with E-state index >= 15 is 0 Å². The molecule has 0 atom stereocenters. The van der Waals surface area contributed by atoms with Crippen LogP contribution >= 0.6 is 0 Å². The normalized spacial score (nSPS) is 15.5. The van der Waals surface area contributed by atoms with Crippen molar-refractivity contribution in [3.63, 3.8) is 0 Å². The molecular weight excluding hydrogens is 315 g/mol. The molecule has 4 N–H and O–H groups in total. The minimum atomic E-state index is -3.04. The van der Waals surface area contributed by atoms with Crippen molar-refractivity contribution in [3.8, 4) is 5.75 Å². The number of nitrogens with two attached hydrogens (primary N) is 1. The lowest BCUT2D eigenvalue weighted by atomic mass is 10.1. The Kier molecular flexibility index (Phi) is 2.92. The Bertz CT molecular complexity index is 1080. The van der Waals surface area contributed by atoms with E-state index in [2.05, 4.69) is 4.98 Å². The summed E-state index contributed by atoms with van der Waals surface area (Å²) in [6.07, 6.45) is 0. The topological polar surface area (TPSA) is 110 Å². The van der Waals surface area contributed by atoms with Gasteiger partial charge in [-0.2, -0.15) is 0 Å². The van der Waals surface area contributed by atoms with Gasteiger partial charge in [-0.05, 0) is 31.5 Å². The first-order valence-corrected chi connectivity index (χ1v) is 6.70. The highest BCUT2D eigenvalue weighted by atomic mass is 19.1. The smallest absolute Gasteiger partial charge is 0.296 e. The highest BCUT2D eigenvalue weighted by molar-refractivity contribution is 5.94. The van der Waals surface area contributed by atoms with Crippen molar-refractivity contribution in [2.45, 2.75) is 25.9 Å². The van der Waals surface area contributed by atoms with Gasteiger partial charge in [0.05, 0.1) is 13.8 Å². The van der Waals surface area contributed by atoms with Gasteiger partial charge in [-0.15, -0.1) is 0 Å². The van der Waals surface area contributed by atoms with E-state index in [1.54, 1.807) is 5.32 Å². The highest BCUT2D eigenvalue weighted by Crippen LogP contribution is 2.17. The van der Waals surface area contributed by atoms with Gasteiger partial charge >= 0.3 is 0 Å². The van der Waals surface area contributed by atoms with Gasteiger partial charge in [-0.25, -0.2) is 9.37 Å². The molecule has 24 heavy (non-hydrogen) atoms. The molecule has 1 amide bonds. The van der Waals surface area contributed by atoms with Gasteiger partial charge in [-0.1, -0.05) is 12.1 Å². The average molecular weight is 340 g/mol. The average Bonchev–Trinajstić information content (AvgIpc) is 2.61. The number of amides is 1. The summed E-state index contributed by atoms with van der Waals surface area (Å²) >= 11 is 0. The second-order valence-corrected chi connectivity index (χ2v) is 5.49. The number of nitrogens with one attached hydrogen (secondary N) is 1. The van der Waals surface area contributed by atoms with Crippen LogP contribution in [0.4, 0.5) is 4.39 Å². The number of hydrogen-bond acceptors (Lipinski definition) is 5. The van der Waals surface area contributed by atoms with E-state index in [0.29, 0.717) is 0 Å². The maximum Gasteiger partial charge on any atom is 0.296 e. The molecule has 0 unspecified atom stereocenters. The maximum atomic E-state index is 13.7. The number of carbonyl (C=O) groups excluding carboxylic acids is 1. The predicted octanol–water partition coefficient (Wildman–Crippen LogP) is 0.749. The third-order valence-electron chi connectivity index (χ3n) is 2.95. The van der Waals surface area contributed by atoms with Crippen LogP contribution in [0.2, 0.25) is 0 Å². The van der Waals surface area contributed by atoms with Gasteiger partial charge in [0.15, 0.2) is 5.69 Å². The lowest BCUT2D eigenvalue weighted by molar-refractivity contribution is 0.0941. The number of hydrogen-bond donors (Lipinski definition) is 3. The summed E-state index contributed by atoms with van der Waals surface area (Å²) in [7, 11) is 1.27. The fraction of sp³-hybridized carbons (Fsp3) is 0.312. The van der Waals surface area contributed by atoms with Crippen molar-refractivity contribution in [2.75, 3.05) is 0 Å². The molecule has 8 heteroatoms. The van der Waals surface area contributed by atoms with Gasteiger partial charge < -0.3 is 16.2 Å². The van der Waals surface area contributed by atoms with Crippen LogP contribution in [0.5, 0.6) is 5.75 Å². The predicted molar refractivity (Wildman–Crippen MR) is 85.9 cm³/mol. The number of halogens is 1. The molecule has 2 rings (SSSR count). The number of benzene rings is 1. The molecule has 0 spiro atoms. The molecule has 1 aromatic heterocycles. The van der Waals surface area contributed by atoms with Gasteiger partial charge in [0.25, 0.3) is 11.5 Å². The van der Waals surface area contributed by atoms with Gasteiger partial charge in [0.2, 0.25) is 5.75 Å². The van der Waals surface area contributed by atoms with Crippen molar-refractivity contribution in [2.24, 2.45) is 12.8 Å². The Morgan fingerprint density at radius 1 is 1.50 bits per heavy atom. The second-order valence-electron chi connectivity index (χ2n) is 5.49. The Hall–Kier alpha value is -2.74. The molecule has 7 nitrogen and oxygen atoms in total. The maximum absolute atomic E-state index is 13.7. The zero-order valence-electron chi connectivity index (χ0n) is 19.1. The van der Waals surface area contributed by atoms with Crippen LogP contribution in [0.15, 0.2) is 29.0 Å². The van der Waals surface area contributed by atoms with Gasteiger partial charge in [-0.3, -0.25) is 14.2 Å². The Labute approximate surface area is 146 Å². The molecule has 0 aliphatic heterocycles. The van der Waals surface area contributed by atoms with E-state index in [9.17, 15) is 19.1 Å². The quantitative estimate of drug-likeness (QED) is 0.761. The van der Waals surface area contributed by atoms with Crippen molar-refractivity contribution in [1.82, 2.24) is 14.9 Å². The van der Waals surface area contributed by atoms with Crippen LogP contribution in [0.25, 0.3) is 0 Å². The first-order valence-electron chi connectivity index (χ1n) is 9.70. The summed E-state index contributed by atoms with van der Waals surface area (Å²) < 4.78 is 61.1. The molecule has 0 saturated carbocycles. The highest BCUT2D eigenvalue weighted by Gasteiger charge is 2.26. The first kappa shape index (κ1) is 10.9. The van der Waals surface area contributed by atoms with Crippen molar-refractivity contribution in [1.29, 1.82) is 0 Å². The van der Waals surface area contributed by atoms with Gasteiger partial charge in [0, 0.05) is 13.5 Å². The summed E-state index contributed by atoms with van der Waals surface area (Å²) in [4.78, 5) is 28.7. The summed E-state index contributed by atoms with van der Waals surface area (Å²) in [5.74, 6) is -4.04. The molecule has 0 bridgehead atoms. The van der Waals surface area contributed by atoms with Gasteiger partial charge in [0.1, 0.15) is 11.6 Å². The SMILES string of the molecule is [2H]c1c([2H])c(C([2H])([2H])NC(=O)c2nc(C(C)(C)N)n(C)c(=O)c2O)c([2H])c([2H])c1F. The molecule has 0 aliphatic rings. The Morgan fingerprint density at radius 2 is 2.08 bits per heavy atom. The third-order valence-corrected chi connectivity index (χ3v) is 2.95. The number of aromatic nitrogens is 2. The molecular formula is C16H19FN4O3.